The molecule has 7 aromatic carbocycles. The quantitative estimate of drug-likeness (QED) is 0.130. The van der Waals surface area contributed by atoms with E-state index in [9.17, 15) is 8.78 Å². The van der Waals surface area contributed by atoms with E-state index in [1.807, 2.05) is 75.4 Å². The van der Waals surface area contributed by atoms with Crippen molar-refractivity contribution in [3.8, 4) is 5.69 Å². The Morgan fingerprint density at radius 2 is 0.889 bits per heavy atom. The predicted molar refractivity (Wildman–Crippen MR) is 246 cm³/mol. The second-order valence-corrected chi connectivity index (χ2v) is 19.3. The zero-order valence-corrected chi connectivity index (χ0v) is 36.5. The maximum Gasteiger partial charge on any atom is 0.252 e. The second kappa shape index (κ2) is 13.8. The molecule has 0 atom stereocenters. The second-order valence-electron chi connectivity index (χ2n) is 19.3. The molecule has 3 nitrogen and oxygen atoms in total. The van der Waals surface area contributed by atoms with Crippen LogP contribution in [0.2, 0.25) is 0 Å². The van der Waals surface area contributed by atoms with E-state index in [-0.39, 0.29) is 10.8 Å². The van der Waals surface area contributed by atoms with E-state index >= 15 is 17.6 Å². The van der Waals surface area contributed by atoms with Crippen LogP contribution in [0.1, 0.15) is 69.4 Å². The standard InChI is InChI=1S/C53H44BF6N3/c1-27-10-13-35-36-17-28(2)29(3)18-46(36)61(45(35)16-27)34-25-47-49-48(26-34)63(51-41(59)23-33(56)24-42(51)60)44-15-12-31(53(7,8)9)20-38(44)54(49)37-19-30(52(4,5)6)11-14-43(37)62(47)50-39(57)21-32(55)22-40(50)58/h10-26H,1-9H3. The van der Waals surface area contributed by atoms with Gasteiger partial charge in [-0.1, -0.05) is 77.9 Å². The molecule has 0 bridgehead atoms. The number of fused-ring (bicyclic) bond motifs is 7. The predicted octanol–water partition coefficient (Wildman–Crippen LogP) is 13.2. The third-order valence-electron chi connectivity index (χ3n) is 13.0. The molecule has 0 spiro atoms. The number of hydrogen-bond donors (Lipinski definition) is 0. The van der Waals surface area contributed by atoms with Crippen LogP contribution in [-0.2, 0) is 10.8 Å². The van der Waals surface area contributed by atoms with E-state index in [4.69, 9.17) is 0 Å². The van der Waals surface area contributed by atoms with Gasteiger partial charge in [-0.25, -0.2) is 26.3 Å². The Morgan fingerprint density at radius 3 is 1.35 bits per heavy atom. The number of aromatic nitrogens is 1. The lowest BCUT2D eigenvalue weighted by Gasteiger charge is -2.45. The number of hydrogen-bond acceptors (Lipinski definition) is 2. The lowest BCUT2D eigenvalue weighted by molar-refractivity contribution is 0.545. The minimum atomic E-state index is -1.13. The number of anilines is 6. The summed E-state index contributed by atoms with van der Waals surface area (Å²) in [5.74, 6) is -6.68. The Hall–Kier alpha value is -6.42. The normalized spacial score (nSPS) is 13.5. The molecule has 0 unspecified atom stereocenters. The summed E-state index contributed by atoms with van der Waals surface area (Å²) < 4.78 is 98.1. The van der Waals surface area contributed by atoms with Crippen molar-refractivity contribution < 1.29 is 26.3 Å². The molecule has 0 saturated carbocycles. The molecule has 10 heteroatoms. The molecular formula is C53H44BF6N3. The first-order chi connectivity index (χ1) is 29.7. The first-order valence-electron chi connectivity index (χ1n) is 21.1. The summed E-state index contributed by atoms with van der Waals surface area (Å²) in [4.78, 5) is 2.96. The fraction of sp³-hybridized carbons (Fsp3) is 0.208. The van der Waals surface area contributed by atoms with E-state index in [1.54, 1.807) is 0 Å². The molecule has 2 aliphatic rings. The molecule has 0 fully saturated rings. The van der Waals surface area contributed by atoms with Crippen LogP contribution in [0.25, 0.3) is 27.5 Å². The van der Waals surface area contributed by atoms with Gasteiger partial charge < -0.3 is 14.4 Å². The first kappa shape index (κ1) is 40.6. The molecule has 10 rings (SSSR count). The molecule has 1 aromatic heterocycles. The van der Waals surface area contributed by atoms with Gasteiger partial charge in [-0.15, -0.1) is 0 Å². The fourth-order valence-corrected chi connectivity index (χ4v) is 9.70. The summed E-state index contributed by atoms with van der Waals surface area (Å²) in [5.41, 5.74) is 8.91. The van der Waals surface area contributed by atoms with Crippen molar-refractivity contribution in [3.63, 3.8) is 0 Å². The molecule has 316 valence electrons. The van der Waals surface area contributed by atoms with Crippen molar-refractivity contribution in [2.24, 2.45) is 0 Å². The highest BCUT2D eigenvalue weighted by atomic mass is 19.2. The monoisotopic (exact) mass is 847 g/mol. The molecule has 0 amide bonds. The first-order valence-corrected chi connectivity index (χ1v) is 21.1. The van der Waals surface area contributed by atoms with Crippen molar-refractivity contribution in [1.29, 1.82) is 0 Å². The van der Waals surface area contributed by atoms with Crippen LogP contribution >= 0.6 is 0 Å². The van der Waals surface area contributed by atoms with Gasteiger partial charge in [-0.2, -0.15) is 0 Å². The number of rotatable bonds is 3. The highest BCUT2D eigenvalue weighted by molar-refractivity contribution is 7.00. The fourth-order valence-electron chi connectivity index (χ4n) is 9.70. The average Bonchev–Trinajstić information content (AvgIpc) is 3.49. The van der Waals surface area contributed by atoms with Crippen molar-refractivity contribution in [2.45, 2.75) is 73.1 Å². The van der Waals surface area contributed by atoms with Gasteiger partial charge in [-0.3, -0.25) is 0 Å². The molecule has 0 radical (unpaired) electrons. The van der Waals surface area contributed by atoms with Crippen molar-refractivity contribution >= 4 is 79.0 Å². The third kappa shape index (κ3) is 6.19. The zero-order chi connectivity index (χ0) is 44.8. The van der Waals surface area contributed by atoms with Gasteiger partial charge in [0.25, 0.3) is 6.71 Å². The molecule has 63 heavy (non-hydrogen) atoms. The third-order valence-corrected chi connectivity index (χ3v) is 13.0. The summed E-state index contributed by atoms with van der Waals surface area (Å²) in [5, 5.41) is 1.93. The van der Waals surface area contributed by atoms with Crippen molar-refractivity contribution in [1.82, 2.24) is 4.57 Å². The summed E-state index contributed by atoms with van der Waals surface area (Å²) in [6.07, 6.45) is 0. The zero-order valence-electron chi connectivity index (χ0n) is 36.5. The van der Waals surface area contributed by atoms with Gasteiger partial charge in [-0.05, 0) is 118 Å². The molecule has 3 heterocycles. The smallest absolute Gasteiger partial charge is 0.252 e. The highest BCUT2D eigenvalue weighted by Crippen LogP contribution is 2.49. The number of halogens is 6. The van der Waals surface area contributed by atoms with Crippen LogP contribution in [0.3, 0.4) is 0 Å². The summed E-state index contributed by atoms with van der Waals surface area (Å²) >= 11 is 0. The van der Waals surface area contributed by atoms with E-state index in [0.29, 0.717) is 69.1 Å². The Morgan fingerprint density at radius 1 is 0.444 bits per heavy atom. The SMILES string of the molecule is Cc1ccc2c3cc(C)c(C)cc3n(-c3cc4c5c(c3)N(c3c(F)cc(F)cc3F)c3ccc(C(C)(C)C)cc3B5c3cc(C(C)(C)C)ccc3N4c3c(F)cc(F)cc3F)c2c1. The Kier molecular flexibility index (Phi) is 8.90. The molecule has 2 aliphatic heterocycles. The van der Waals surface area contributed by atoms with Gasteiger partial charge in [0.15, 0.2) is 23.3 Å². The van der Waals surface area contributed by atoms with Crippen LogP contribution in [0.15, 0.2) is 103 Å². The summed E-state index contributed by atoms with van der Waals surface area (Å²) in [6.45, 7) is 17.9. The number of aryl methyl sites for hydroxylation is 3. The topological polar surface area (TPSA) is 11.4 Å². The van der Waals surface area contributed by atoms with Crippen molar-refractivity contribution in [2.75, 3.05) is 9.80 Å². The van der Waals surface area contributed by atoms with Gasteiger partial charge in [0, 0.05) is 57.8 Å². The van der Waals surface area contributed by atoms with E-state index < -0.39 is 53.0 Å². The molecule has 0 N–H and O–H groups in total. The molecule has 0 saturated heterocycles. The van der Waals surface area contributed by atoms with Gasteiger partial charge >= 0.3 is 0 Å². The molecule has 0 aliphatic carbocycles. The van der Waals surface area contributed by atoms with Gasteiger partial charge in [0.05, 0.1) is 16.7 Å². The maximum absolute atomic E-state index is 16.6. The van der Waals surface area contributed by atoms with E-state index in [0.717, 1.165) is 49.6 Å². The lowest BCUT2D eigenvalue weighted by Crippen LogP contribution is -2.62. The number of benzene rings is 7. The van der Waals surface area contributed by atoms with E-state index in [1.165, 1.54) is 9.80 Å². The minimum absolute atomic E-state index is 0.319. The van der Waals surface area contributed by atoms with Gasteiger partial charge in [0.1, 0.15) is 23.0 Å². The molecule has 8 aromatic rings. The lowest BCUT2D eigenvalue weighted by atomic mass is 9.33. The summed E-state index contributed by atoms with van der Waals surface area (Å²) in [6, 6.07) is 28.4. The Labute approximate surface area is 363 Å². The van der Waals surface area contributed by atoms with Crippen LogP contribution < -0.4 is 26.2 Å². The van der Waals surface area contributed by atoms with Crippen LogP contribution in [0, 0.1) is 55.7 Å². The van der Waals surface area contributed by atoms with E-state index in [2.05, 4.69) is 70.4 Å². The Balaban J connectivity index is 1.43. The Bertz CT molecular complexity index is 3090. The van der Waals surface area contributed by atoms with Crippen LogP contribution in [0.5, 0.6) is 0 Å². The van der Waals surface area contributed by atoms with Gasteiger partial charge in [0.2, 0.25) is 0 Å². The maximum atomic E-state index is 16.6. The highest BCUT2D eigenvalue weighted by Gasteiger charge is 2.46. The summed E-state index contributed by atoms with van der Waals surface area (Å²) in [7, 11) is 0. The minimum Gasteiger partial charge on any atom is -0.309 e. The van der Waals surface area contributed by atoms with Crippen molar-refractivity contribution in [3.05, 3.63) is 166 Å². The van der Waals surface area contributed by atoms with Crippen LogP contribution in [-0.4, -0.2) is 11.3 Å². The average molecular weight is 848 g/mol. The largest absolute Gasteiger partial charge is 0.309 e. The molecular weight excluding hydrogens is 803 g/mol. The van der Waals surface area contributed by atoms with Crippen LogP contribution in [0.4, 0.5) is 60.5 Å². The number of nitrogens with zero attached hydrogens (tertiary/aromatic N) is 3.